The summed E-state index contributed by atoms with van der Waals surface area (Å²) >= 11 is 0. The van der Waals surface area contributed by atoms with Gasteiger partial charge in [-0.1, -0.05) is 20.8 Å². The van der Waals surface area contributed by atoms with E-state index >= 15 is 0 Å². The van der Waals surface area contributed by atoms with Crippen LogP contribution in [0.1, 0.15) is 20.8 Å². The van der Waals surface area contributed by atoms with Crippen LogP contribution in [0.4, 0.5) is 0 Å². The van der Waals surface area contributed by atoms with E-state index in [1.807, 2.05) is 0 Å². The quantitative estimate of drug-likeness (QED) is 0.554. The maximum atomic E-state index is 5.02. The standard InChI is InChI=1S/C8H13NO/c1-6-9-7(5-10-6)8(2,3)4/h5,9H,1H2,2-4H3. The monoisotopic (exact) mass is 139 g/mol. The van der Waals surface area contributed by atoms with Gasteiger partial charge in [0.1, 0.15) is 6.26 Å². The van der Waals surface area contributed by atoms with Gasteiger partial charge < -0.3 is 10.1 Å². The first-order chi connectivity index (χ1) is 4.50. The Hall–Kier alpha value is -0.920. The minimum Gasteiger partial charge on any atom is -0.448 e. The molecule has 10 heavy (non-hydrogen) atoms. The normalized spacial score (nSPS) is 17.9. The third kappa shape index (κ3) is 1.32. The Kier molecular flexibility index (Phi) is 1.47. The van der Waals surface area contributed by atoms with E-state index in [0.717, 1.165) is 5.70 Å². The van der Waals surface area contributed by atoms with Crippen molar-refractivity contribution in [2.75, 3.05) is 0 Å². The van der Waals surface area contributed by atoms with Crippen molar-refractivity contribution in [3.05, 3.63) is 24.4 Å². The minimum absolute atomic E-state index is 0.124. The van der Waals surface area contributed by atoms with Gasteiger partial charge in [-0.25, -0.2) is 0 Å². The molecule has 0 bridgehead atoms. The molecular weight excluding hydrogens is 126 g/mol. The molecule has 0 amide bonds. The SMILES string of the molecule is C=C1NC(C(C)(C)C)=CO1. The summed E-state index contributed by atoms with van der Waals surface area (Å²) in [5.74, 6) is 0.616. The van der Waals surface area contributed by atoms with Crippen molar-refractivity contribution in [3.63, 3.8) is 0 Å². The summed E-state index contributed by atoms with van der Waals surface area (Å²) in [6, 6.07) is 0. The van der Waals surface area contributed by atoms with E-state index in [2.05, 4.69) is 32.7 Å². The first-order valence-corrected chi connectivity index (χ1v) is 3.33. The summed E-state index contributed by atoms with van der Waals surface area (Å²) in [6.45, 7) is 9.99. The van der Waals surface area contributed by atoms with Crippen LogP contribution in [0.15, 0.2) is 24.4 Å². The van der Waals surface area contributed by atoms with E-state index in [-0.39, 0.29) is 5.41 Å². The Morgan fingerprint density at radius 1 is 1.50 bits per heavy atom. The molecule has 0 saturated heterocycles. The molecule has 0 aromatic heterocycles. The van der Waals surface area contributed by atoms with E-state index in [1.165, 1.54) is 0 Å². The molecule has 1 aliphatic rings. The third-order valence-corrected chi connectivity index (χ3v) is 1.40. The van der Waals surface area contributed by atoms with Crippen molar-refractivity contribution in [2.24, 2.45) is 5.41 Å². The molecule has 1 rings (SSSR count). The van der Waals surface area contributed by atoms with Crippen LogP contribution in [0.5, 0.6) is 0 Å². The van der Waals surface area contributed by atoms with Gasteiger partial charge in [0, 0.05) is 5.41 Å². The fourth-order valence-corrected chi connectivity index (χ4v) is 0.703. The maximum Gasteiger partial charge on any atom is 0.189 e. The summed E-state index contributed by atoms with van der Waals surface area (Å²) in [6.07, 6.45) is 1.71. The topological polar surface area (TPSA) is 21.3 Å². The van der Waals surface area contributed by atoms with Gasteiger partial charge in [0.2, 0.25) is 0 Å². The molecule has 56 valence electrons. The average Bonchev–Trinajstić information content (AvgIpc) is 2.11. The highest BCUT2D eigenvalue weighted by atomic mass is 16.5. The lowest BCUT2D eigenvalue weighted by molar-refractivity contribution is 0.359. The average molecular weight is 139 g/mol. The molecule has 0 atom stereocenters. The van der Waals surface area contributed by atoms with Crippen molar-refractivity contribution >= 4 is 0 Å². The molecule has 0 aliphatic carbocycles. The number of allylic oxidation sites excluding steroid dienone is 1. The molecule has 1 aliphatic heterocycles. The van der Waals surface area contributed by atoms with Crippen LogP contribution in [0.25, 0.3) is 0 Å². The molecule has 0 saturated carbocycles. The van der Waals surface area contributed by atoms with E-state index < -0.39 is 0 Å². The molecule has 0 aromatic carbocycles. The van der Waals surface area contributed by atoms with Crippen LogP contribution in [0, 0.1) is 5.41 Å². The van der Waals surface area contributed by atoms with Gasteiger partial charge in [-0.2, -0.15) is 0 Å². The van der Waals surface area contributed by atoms with Crippen LogP contribution in [0.2, 0.25) is 0 Å². The number of nitrogens with one attached hydrogen (secondary N) is 1. The van der Waals surface area contributed by atoms with Gasteiger partial charge in [-0.15, -0.1) is 0 Å². The Labute approximate surface area is 61.6 Å². The molecule has 0 spiro atoms. The van der Waals surface area contributed by atoms with Crippen molar-refractivity contribution in [2.45, 2.75) is 20.8 Å². The fourth-order valence-electron chi connectivity index (χ4n) is 0.703. The zero-order valence-electron chi connectivity index (χ0n) is 6.69. The zero-order valence-corrected chi connectivity index (χ0v) is 6.69. The molecule has 2 heteroatoms. The zero-order chi connectivity index (χ0) is 7.78. The van der Waals surface area contributed by atoms with Crippen LogP contribution in [-0.2, 0) is 4.74 Å². The highest BCUT2D eigenvalue weighted by Crippen LogP contribution is 2.26. The number of hydrogen-bond acceptors (Lipinski definition) is 2. The van der Waals surface area contributed by atoms with Crippen molar-refractivity contribution in [3.8, 4) is 0 Å². The second kappa shape index (κ2) is 2.04. The Morgan fingerprint density at radius 2 is 2.10 bits per heavy atom. The van der Waals surface area contributed by atoms with Crippen LogP contribution < -0.4 is 5.32 Å². The van der Waals surface area contributed by atoms with Crippen LogP contribution in [0.3, 0.4) is 0 Å². The minimum atomic E-state index is 0.124. The Morgan fingerprint density at radius 3 is 2.30 bits per heavy atom. The van der Waals surface area contributed by atoms with Gasteiger partial charge in [0.25, 0.3) is 0 Å². The van der Waals surface area contributed by atoms with Crippen molar-refractivity contribution in [1.29, 1.82) is 0 Å². The van der Waals surface area contributed by atoms with Gasteiger partial charge in [-0.05, 0) is 6.58 Å². The Bertz CT molecular complexity index is 186. The van der Waals surface area contributed by atoms with E-state index in [4.69, 9.17) is 4.74 Å². The second-order valence-corrected chi connectivity index (χ2v) is 3.45. The summed E-state index contributed by atoms with van der Waals surface area (Å²) in [5.41, 5.74) is 1.21. The van der Waals surface area contributed by atoms with Crippen LogP contribution in [-0.4, -0.2) is 0 Å². The van der Waals surface area contributed by atoms with Gasteiger partial charge in [0.15, 0.2) is 5.88 Å². The number of rotatable bonds is 0. The smallest absolute Gasteiger partial charge is 0.189 e. The van der Waals surface area contributed by atoms with E-state index in [0.29, 0.717) is 5.88 Å². The molecule has 0 fully saturated rings. The first kappa shape index (κ1) is 7.19. The summed E-state index contributed by atoms with van der Waals surface area (Å²) in [4.78, 5) is 0. The predicted molar refractivity (Wildman–Crippen MR) is 40.9 cm³/mol. The fraction of sp³-hybridized carbons (Fsp3) is 0.500. The summed E-state index contributed by atoms with van der Waals surface area (Å²) in [5, 5.41) is 3.04. The largest absolute Gasteiger partial charge is 0.448 e. The predicted octanol–water partition coefficient (Wildman–Crippen LogP) is 1.96. The first-order valence-electron chi connectivity index (χ1n) is 3.33. The molecule has 1 N–H and O–H groups in total. The van der Waals surface area contributed by atoms with Gasteiger partial charge in [-0.3, -0.25) is 0 Å². The summed E-state index contributed by atoms with van der Waals surface area (Å²) in [7, 11) is 0. The number of ether oxygens (including phenoxy) is 1. The lowest BCUT2D eigenvalue weighted by atomic mass is 9.93. The molecule has 0 aromatic rings. The van der Waals surface area contributed by atoms with Crippen molar-refractivity contribution in [1.82, 2.24) is 5.32 Å². The molecule has 1 heterocycles. The van der Waals surface area contributed by atoms with E-state index in [9.17, 15) is 0 Å². The van der Waals surface area contributed by atoms with Crippen molar-refractivity contribution < 1.29 is 4.74 Å². The highest BCUT2D eigenvalue weighted by molar-refractivity contribution is 5.15. The summed E-state index contributed by atoms with van der Waals surface area (Å²) < 4.78 is 5.02. The number of hydrogen-bond donors (Lipinski definition) is 1. The third-order valence-electron chi connectivity index (χ3n) is 1.40. The van der Waals surface area contributed by atoms with E-state index in [1.54, 1.807) is 6.26 Å². The van der Waals surface area contributed by atoms with Crippen LogP contribution >= 0.6 is 0 Å². The molecule has 2 nitrogen and oxygen atoms in total. The highest BCUT2D eigenvalue weighted by Gasteiger charge is 2.21. The second-order valence-electron chi connectivity index (χ2n) is 3.45. The lowest BCUT2D eigenvalue weighted by Crippen LogP contribution is -2.19. The molecule has 0 unspecified atom stereocenters. The van der Waals surface area contributed by atoms with Gasteiger partial charge >= 0.3 is 0 Å². The molecular formula is C8H13NO. The Balaban J connectivity index is 2.69. The molecule has 0 radical (unpaired) electrons. The van der Waals surface area contributed by atoms with Gasteiger partial charge in [0.05, 0.1) is 5.70 Å². The lowest BCUT2D eigenvalue weighted by Gasteiger charge is -2.18. The maximum absolute atomic E-state index is 5.02.